The van der Waals surface area contributed by atoms with Gasteiger partial charge < -0.3 is 15.7 Å². The normalized spacial score (nSPS) is 19.2. The van der Waals surface area contributed by atoms with Crippen molar-refractivity contribution in [1.82, 2.24) is 4.98 Å². The molecule has 1 aromatic carbocycles. The molecule has 0 radical (unpaired) electrons. The summed E-state index contributed by atoms with van der Waals surface area (Å²) >= 11 is 5.16. The van der Waals surface area contributed by atoms with Crippen LogP contribution < -0.4 is 10.6 Å². The Labute approximate surface area is 123 Å². The number of rotatable bonds is 2. The molecule has 0 aliphatic carbocycles. The Kier molecular flexibility index (Phi) is 3.54. The summed E-state index contributed by atoms with van der Waals surface area (Å²) in [6, 6.07) is 7.95. The van der Waals surface area contributed by atoms with Crippen LogP contribution in [0.2, 0.25) is 0 Å². The molecule has 5 heteroatoms. The molecule has 1 unspecified atom stereocenters. The first kappa shape index (κ1) is 13.3. The van der Waals surface area contributed by atoms with Crippen LogP contribution >= 0.6 is 12.2 Å². The Hall–Kier alpha value is -1.72. The van der Waals surface area contributed by atoms with Crippen LogP contribution in [0.15, 0.2) is 30.5 Å². The van der Waals surface area contributed by atoms with E-state index in [4.69, 9.17) is 18.0 Å². The lowest BCUT2D eigenvalue weighted by molar-refractivity contribution is 0.154. The lowest BCUT2D eigenvalue weighted by Gasteiger charge is -2.34. The summed E-state index contributed by atoms with van der Waals surface area (Å²) < 4.78 is 0. The fourth-order valence-corrected chi connectivity index (χ4v) is 2.95. The zero-order chi connectivity index (χ0) is 14.1. The van der Waals surface area contributed by atoms with Gasteiger partial charge in [-0.05, 0) is 18.9 Å². The van der Waals surface area contributed by atoms with Crippen molar-refractivity contribution in [1.29, 1.82) is 0 Å². The van der Waals surface area contributed by atoms with Gasteiger partial charge in [-0.2, -0.15) is 0 Å². The number of β-amino-alcohol motifs (C(OH)–C–C–N with tert-alkyl or cyclic N) is 1. The van der Waals surface area contributed by atoms with Crippen molar-refractivity contribution in [2.45, 2.75) is 18.9 Å². The Morgan fingerprint density at radius 1 is 1.40 bits per heavy atom. The van der Waals surface area contributed by atoms with Gasteiger partial charge in [-0.25, -0.2) is 0 Å². The van der Waals surface area contributed by atoms with Crippen LogP contribution in [0.25, 0.3) is 10.9 Å². The number of fused-ring (bicyclic) bond motifs is 1. The smallest absolute Gasteiger partial charge is 0.107 e. The van der Waals surface area contributed by atoms with Gasteiger partial charge in [-0.15, -0.1) is 0 Å². The van der Waals surface area contributed by atoms with E-state index in [1.165, 1.54) is 0 Å². The van der Waals surface area contributed by atoms with E-state index in [1.807, 2.05) is 24.3 Å². The van der Waals surface area contributed by atoms with E-state index >= 15 is 0 Å². The second-order valence-corrected chi connectivity index (χ2v) is 5.58. The molecule has 3 N–H and O–H groups in total. The van der Waals surface area contributed by atoms with Crippen LogP contribution in [0.4, 0.5) is 5.69 Å². The van der Waals surface area contributed by atoms with Gasteiger partial charge in [-0.1, -0.05) is 30.4 Å². The third kappa shape index (κ3) is 2.34. The van der Waals surface area contributed by atoms with Crippen molar-refractivity contribution < 1.29 is 5.11 Å². The average molecular weight is 287 g/mol. The monoisotopic (exact) mass is 287 g/mol. The maximum atomic E-state index is 9.92. The Morgan fingerprint density at radius 2 is 2.20 bits per heavy atom. The molecular formula is C15H17N3OS. The lowest BCUT2D eigenvalue weighted by atomic mass is 10.0. The van der Waals surface area contributed by atoms with Crippen LogP contribution in [0.3, 0.4) is 0 Å². The number of nitrogens with zero attached hydrogens (tertiary/aromatic N) is 2. The Morgan fingerprint density at radius 3 is 2.95 bits per heavy atom. The number of aliphatic hydroxyl groups excluding tert-OH is 1. The summed E-state index contributed by atoms with van der Waals surface area (Å²) in [5.41, 5.74) is 8.55. The minimum absolute atomic E-state index is 0.296. The van der Waals surface area contributed by atoms with Crippen molar-refractivity contribution in [3.8, 4) is 0 Å². The molecule has 0 saturated carbocycles. The number of thiocarbonyl (C=S) groups is 1. The van der Waals surface area contributed by atoms with E-state index in [-0.39, 0.29) is 6.10 Å². The van der Waals surface area contributed by atoms with Gasteiger partial charge in [0.15, 0.2) is 0 Å². The molecule has 1 fully saturated rings. The largest absolute Gasteiger partial charge is 0.391 e. The van der Waals surface area contributed by atoms with Gasteiger partial charge in [0.05, 0.1) is 22.9 Å². The van der Waals surface area contributed by atoms with Crippen LogP contribution in [0, 0.1) is 0 Å². The zero-order valence-electron chi connectivity index (χ0n) is 11.1. The molecule has 1 aliphatic rings. The number of anilines is 1. The minimum Gasteiger partial charge on any atom is -0.391 e. The highest BCUT2D eigenvalue weighted by Gasteiger charge is 2.23. The molecule has 20 heavy (non-hydrogen) atoms. The van der Waals surface area contributed by atoms with Gasteiger partial charge in [0.25, 0.3) is 0 Å². The highest BCUT2D eigenvalue weighted by atomic mass is 32.1. The molecule has 0 amide bonds. The number of aromatic nitrogens is 1. The predicted octanol–water partition coefficient (Wildman–Crippen LogP) is 1.83. The highest BCUT2D eigenvalue weighted by Crippen LogP contribution is 2.31. The van der Waals surface area contributed by atoms with Crippen LogP contribution in [0.1, 0.15) is 18.4 Å². The summed E-state index contributed by atoms with van der Waals surface area (Å²) in [5, 5.41) is 11.0. The maximum Gasteiger partial charge on any atom is 0.107 e. The van der Waals surface area contributed by atoms with E-state index < -0.39 is 0 Å². The van der Waals surface area contributed by atoms with Crippen LogP contribution in [-0.2, 0) is 0 Å². The Balaban J connectivity index is 2.19. The number of piperidine rings is 1. The summed E-state index contributed by atoms with van der Waals surface area (Å²) in [7, 11) is 0. The van der Waals surface area contributed by atoms with Gasteiger partial charge in [0.1, 0.15) is 4.99 Å². The molecule has 2 heterocycles. The topological polar surface area (TPSA) is 62.4 Å². The first-order valence-corrected chi connectivity index (χ1v) is 7.18. The number of hydrogen-bond donors (Lipinski definition) is 2. The van der Waals surface area contributed by atoms with Gasteiger partial charge >= 0.3 is 0 Å². The number of pyridine rings is 1. The predicted molar refractivity (Wildman–Crippen MR) is 85.1 cm³/mol. The number of hydrogen-bond acceptors (Lipinski definition) is 4. The number of para-hydroxylation sites is 1. The molecule has 2 aromatic rings. The van der Waals surface area contributed by atoms with Crippen molar-refractivity contribution >= 4 is 33.8 Å². The SMILES string of the molecule is NC(=S)c1cnc2ccccc2c1N1CCCC(O)C1. The van der Waals surface area contributed by atoms with E-state index in [1.54, 1.807) is 6.20 Å². The first-order chi connectivity index (χ1) is 9.66. The molecule has 4 nitrogen and oxygen atoms in total. The van der Waals surface area contributed by atoms with Gasteiger partial charge in [-0.3, -0.25) is 4.98 Å². The molecule has 1 aliphatic heterocycles. The molecule has 0 bridgehead atoms. The highest BCUT2D eigenvalue weighted by molar-refractivity contribution is 7.80. The van der Waals surface area contributed by atoms with Crippen molar-refractivity contribution in [2.24, 2.45) is 5.73 Å². The molecule has 1 saturated heterocycles. The zero-order valence-corrected chi connectivity index (χ0v) is 11.9. The summed E-state index contributed by atoms with van der Waals surface area (Å²) in [6.07, 6.45) is 3.26. The van der Waals surface area contributed by atoms with Crippen molar-refractivity contribution in [3.63, 3.8) is 0 Å². The van der Waals surface area contributed by atoms with E-state index in [2.05, 4.69) is 9.88 Å². The fourth-order valence-electron chi connectivity index (χ4n) is 2.81. The third-order valence-electron chi connectivity index (χ3n) is 3.73. The third-order valence-corrected chi connectivity index (χ3v) is 3.95. The van der Waals surface area contributed by atoms with Crippen molar-refractivity contribution in [2.75, 3.05) is 18.0 Å². The standard InChI is InChI=1S/C15H17N3OS/c16-15(20)12-8-17-13-6-2-1-5-11(13)14(12)18-7-3-4-10(19)9-18/h1-2,5-6,8,10,19H,3-4,7,9H2,(H2,16,20). The fraction of sp³-hybridized carbons (Fsp3) is 0.333. The molecule has 104 valence electrons. The molecule has 0 spiro atoms. The first-order valence-electron chi connectivity index (χ1n) is 6.77. The number of aliphatic hydroxyl groups is 1. The quantitative estimate of drug-likeness (QED) is 0.825. The van der Waals surface area contributed by atoms with Crippen molar-refractivity contribution in [3.05, 3.63) is 36.0 Å². The Bertz CT molecular complexity index is 659. The summed E-state index contributed by atoms with van der Waals surface area (Å²) in [5.74, 6) is 0. The van der Waals surface area contributed by atoms with Crippen LogP contribution in [-0.4, -0.2) is 34.3 Å². The second kappa shape index (κ2) is 5.34. The lowest BCUT2D eigenvalue weighted by Crippen LogP contribution is -2.39. The van der Waals surface area contributed by atoms with Crippen LogP contribution in [0.5, 0.6) is 0 Å². The van der Waals surface area contributed by atoms with E-state index in [0.29, 0.717) is 11.5 Å². The molecule has 3 rings (SSSR count). The van der Waals surface area contributed by atoms with Gasteiger partial charge in [0, 0.05) is 24.7 Å². The summed E-state index contributed by atoms with van der Waals surface area (Å²) in [4.78, 5) is 6.94. The summed E-state index contributed by atoms with van der Waals surface area (Å²) in [6.45, 7) is 1.52. The number of benzene rings is 1. The maximum absolute atomic E-state index is 9.92. The molecule has 1 aromatic heterocycles. The molecular weight excluding hydrogens is 270 g/mol. The van der Waals surface area contributed by atoms with E-state index in [0.717, 1.165) is 41.5 Å². The second-order valence-electron chi connectivity index (χ2n) is 5.14. The molecule has 1 atom stereocenters. The number of nitrogens with two attached hydrogens (primary N) is 1. The van der Waals surface area contributed by atoms with Gasteiger partial charge in [0.2, 0.25) is 0 Å². The van der Waals surface area contributed by atoms with E-state index in [9.17, 15) is 5.11 Å². The average Bonchev–Trinajstić information content (AvgIpc) is 2.46. The minimum atomic E-state index is -0.296.